The summed E-state index contributed by atoms with van der Waals surface area (Å²) in [7, 11) is 0. The molecule has 1 aromatic heterocycles. The first kappa shape index (κ1) is 13.2. The molecule has 0 bridgehead atoms. The Morgan fingerprint density at radius 2 is 2.19 bits per heavy atom. The number of hydrogen-bond donors (Lipinski definition) is 1. The second kappa shape index (κ2) is 5.39. The number of nitrogens with zero attached hydrogens (tertiary/aromatic N) is 2. The zero-order chi connectivity index (χ0) is 14.2. The predicted octanol–water partition coefficient (Wildman–Crippen LogP) is 2.73. The largest absolute Gasteiger partial charge is 0.314 e. The first-order valence-corrected chi connectivity index (χ1v) is 8.10. The second-order valence-electron chi connectivity index (χ2n) is 6.57. The molecule has 3 nitrogen and oxygen atoms in total. The molecule has 4 rings (SSSR count). The Kier molecular flexibility index (Phi) is 3.40. The van der Waals surface area contributed by atoms with Crippen molar-refractivity contribution in [3.05, 3.63) is 41.6 Å². The fourth-order valence-electron chi connectivity index (χ4n) is 4.03. The van der Waals surface area contributed by atoms with E-state index in [9.17, 15) is 0 Å². The molecule has 1 aromatic carbocycles. The fraction of sp³-hybridized carbons (Fsp3) is 0.500. The summed E-state index contributed by atoms with van der Waals surface area (Å²) in [6.45, 7) is 6.83. The van der Waals surface area contributed by atoms with E-state index in [0.717, 1.165) is 29.7 Å². The Labute approximate surface area is 126 Å². The van der Waals surface area contributed by atoms with Crippen molar-refractivity contribution in [3.8, 4) is 0 Å². The van der Waals surface area contributed by atoms with E-state index >= 15 is 0 Å². The highest BCUT2D eigenvalue weighted by atomic mass is 15.2. The van der Waals surface area contributed by atoms with Crippen LogP contribution in [0.25, 0.3) is 10.9 Å². The van der Waals surface area contributed by atoms with Gasteiger partial charge in [0, 0.05) is 30.2 Å². The van der Waals surface area contributed by atoms with Gasteiger partial charge in [-0.15, -0.1) is 0 Å². The summed E-state index contributed by atoms with van der Waals surface area (Å²) in [6.07, 6.45) is 2.64. The number of aromatic nitrogens is 1. The molecule has 2 fully saturated rings. The minimum atomic E-state index is 0.775. The lowest BCUT2D eigenvalue weighted by molar-refractivity contribution is 0.156. The first-order chi connectivity index (χ1) is 10.3. The van der Waals surface area contributed by atoms with Crippen LogP contribution in [0.4, 0.5) is 0 Å². The Morgan fingerprint density at radius 3 is 3.14 bits per heavy atom. The number of piperidine rings is 1. The lowest BCUT2D eigenvalue weighted by atomic mass is 9.93. The number of nitrogens with one attached hydrogen (secondary N) is 1. The third kappa shape index (κ3) is 2.56. The molecule has 2 unspecified atom stereocenters. The smallest absolute Gasteiger partial charge is 0.0708 e. The molecule has 0 spiro atoms. The van der Waals surface area contributed by atoms with Gasteiger partial charge in [0.2, 0.25) is 0 Å². The molecular formula is C18H23N3. The van der Waals surface area contributed by atoms with Crippen molar-refractivity contribution in [2.24, 2.45) is 5.92 Å². The topological polar surface area (TPSA) is 28.2 Å². The maximum Gasteiger partial charge on any atom is 0.0708 e. The number of aryl methyl sites for hydroxylation is 1. The third-order valence-corrected chi connectivity index (χ3v) is 5.06. The van der Waals surface area contributed by atoms with Gasteiger partial charge in [0.25, 0.3) is 0 Å². The van der Waals surface area contributed by atoms with Crippen molar-refractivity contribution in [1.29, 1.82) is 0 Å². The number of rotatable bonds is 2. The summed E-state index contributed by atoms with van der Waals surface area (Å²) in [4.78, 5) is 7.29. The minimum Gasteiger partial charge on any atom is -0.314 e. The molecule has 2 saturated heterocycles. The van der Waals surface area contributed by atoms with Gasteiger partial charge in [-0.25, -0.2) is 0 Å². The van der Waals surface area contributed by atoms with E-state index in [4.69, 9.17) is 0 Å². The van der Waals surface area contributed by atoms with Crippen LogP contribution in [0, 0.1) is 12.8 Å². The average Bonchev–Trinajstić information content (AvgIpc) is 2.94. The van der Waals surface area contributed by atoms with E-state index in [2.05, 4.69) is 52.5 Å². The summed E-state index contributed by atoms with van der Waals surface area (Å²) in [5, 5.41) is 4.96. The Hall–Kier alpha value is -1.45. The van der Waals surface area contributed by atoms with E-state index in [-0.39, 0.29) is 0 Å². The van der Waals surface area contributed by atoms with Gasteiger partial charge in [0.15, 0.2) is 0 Å². The number of benzene rings is 1. The molecular weight excluding hydrogens is 258 g/mol. The third-order valence-electron chi connectivity index (χ3n) is 5.06. The van der Waals surface area contributed by atoms with Crippen LogP contribution in [0.15, 0.2) is 30.3 Å². The summed E-state index contributed by atoms with van der Waals surface area (Å²) in [6, 6.07) is 11.6. The quantitative estimate of drug-likeness (QED) is 0.917. The standard InChI is InChI=1S/C18H23N3/c1-13-10-15(16-4-2-3-5-18(16)20-13)12-21-9-7-17-14(11-21)6-8-19-17/h2-5,10,14,17,19H,6-9,11-12H2,1H3. The molecule has 2 atom stereocenters. The molecule has 0 saturated carbocycles. The molecule has 3 heterocycles. The monoisotopic (exact) mass is 281 g/mol. The van der Waals surface area contributed by atoms with E-state index in [1.165, 1.54) is 43.4 Å². The highest BCUT2D eigenvalue weighted by Crippen LogP contribution is 2.27. The second-order valence-corrected chi connectivity index (χ2v) is 6.57. The van der Waals surface area contributed by atoms with E-state index < -0.39 is 0 Å². The van der Waals surface area contributed by atoms with E-state index in [0.29, 0.717) is 0 Å². The van der Waals surface area contributed by atoms with Crippen LogP contribution in [0.2, 0.25) is 0 Å². The van der Waals surface area contributed by atoms with Crippen molar-refractivity contribution < 1.29 is 0 Å². The molecule has 3 heteroatoms. The lowest BCUT2D eigenvalue weighted by Crippen LogP contribution is -2.43. The minimum absolute atomic E-state index is 0.775. The molecule has 2 aromatic rings. The molecule has 0 amide bonds. The maximum atomic E-state index is 4.65. The van der Waals surface area contributed by atoms with Crippen LogP contribution in [0.3, 0.4) is 0 Å². The summed E-state index contributed by atoms with van der Waals surface area (Å²) >= 11 is 0. The lowest BCUT2D eigenvalue weighted by Gasteiger charge is -2.35. The Balaban J connectivity index is 1.59. The summed E-state index contributed by atoms with van der Waals surface area (Å²) < 4.78 is 0. The number of fused-ring (bicyclic) bond motifs is 2. The molecule has 110 valence electrons. The predicted molar refractivity (Wildman–Crippen MR) is 86.3 cm³/mol. The molecule has 21 heavy (non-hydrogen) atoms. The Morgan fingerprint density at radius 1 is 1.29 bits per heavy atom. The summed E-state index contributed by atoms with van der Waals surface area (Å²) in [5.41, 5.74) is 3.69. The fourth-order valence-corrected chi connectivity index (χ4v) is 4.03. The van der Waals surface area contributed by atoms with Gasteiger partial charge in [-0.3, -0.25) is 9.88 Å². The Bertz CT molecular complexity index is 652. The molecule has 0 radical (unpaired) electrons. The molecule has 1 N–H and O–H groups in total. The van der Waals surface area contributed by atoms with Crippen LogP contribution in [0.1, 0.15) is 24.1 Å². The number of pyridine rings is 1. The van der Waals surface area contributed by atoms with Gasteiger partial charge in [-0.2, -0.15) is 0 Å². The van der Waals surface area contributed by atoms with Crippen LogP contribution in [-0.2, 0) is 6.54 Å². The highest BCUT2D eigenvalue weighted by Gasteiger charge is 2.32. The van der Waals surface area contributed by atoms with Gasteiger partial charge in [0.05, 0.1) is 5.52 Å². The zero-order valence-electron chi connectivity index (χ0n) is 12.7. The van der Waals surface area contributed by atoms with Crippen LogP contribution in [0.5, 0.6) is 0 Å². The van der Waals surface area contributed by atoms with Crippen molar-refractivity contribution in [2.45, 2.75) is 32.4 Å². The van der Waals surface area contributed by atoms with Crippen molar-refractivity contribution in [2.75, 3.05) is 19.6 Å². The van der Waals surface area contributed by atoms with Gasteiger partial charge in [-0.1, -0.05) is 18.2 Å². The average molecular weight is 281 g/mol. The molecule has 2 aliphatic heterocycles. The van der Waals surface area contributed by atoms with Crippen LogP contribution in [-0.4, -0.2) is 35.6 Å². The maximum absolute atomic E-state index is 4.65. The number of para-hydroxylation sites is 1. The molecule has 0 aliphatic carbocycles. The van der Waals surface area contributed by atoms with Crippen molar-refractivity contribution in [1.82, 2.24) is 15.2 Å². The number of hydrogen-bond acceptors (Lipinski definition) is 3. The van der Waals surface area contributed by atoms with Crippen LogP contribution >= 0.6 is 0 Å². The number of likely N-dealkylation sites (tertiary alicyclic amines) is 1. The van der Waals surface area contributed by atoms with E-state index in [1.54, 1.807) is 0 Å². The molecule has 2 aliphatic rings. The van der Waals surface area contributed by atoms with Crippen molar-refractivity contribution >= 4 is 10.9 Å². The highest BCUT2D eigenvalue weighted by molar-refractivity contribution is 5.82. The van der Waals surface area contributed by atoms with Gasteiger partial charge < -0.3 is 5.32 Å². The van der Waals surface area contributed by atoms with Gasteiger partial charge in [-0.05, 0) is 56.5 Å². The SMILES string of the molecule is Cc1cc(CN2CCC3NCCC3C2)c2ccccc2n1. The van der Waals surface area contributed by atoms with Crippen LogP contribution < -0.4 is 5.32 Å². The van der Waals surface area contributed by atoms with E-state index in [1.807, 2.05) is 0 Å². The normalized spacial score (nSPS) is 26.1. The zero-order valence-corrected chi connectivity index (χ0v) is 12.7. The van der Waals surface area contributed by atoms with Crippen molar-refractivity contribution in [3.63, 3.8) is 0 Å². The summed E-state index contributed by atoms with van der Waals surface area (Å²) in [5.74, 6) is 0.855. The van der Waals surface area contributed by atoms with Gasteiger partial charge >= 0.3 is 0 Å². The van der Waals surface area contributed by atoms with Gasteiger partial charge in [0.1, 0.15) is 0 Å². The first-order valence-electron chi connectivity index (χ1n) is 8.10.